The molecule has 0 amide bonds. The van der Waals surface area contributed by atoms with Gasteiger partial charge in [0.2, 0.25) is 0 Å². The third kappa shape index (κ3) is 3.65. The van der Waals surface area contributed by atoms with Crippen LogP contribution in [-0.2, 0) is 0 Å². The van der Waals surface area contributed by atoms with E-state index in [9.17, 15) is 4.39 Å². The molecule has 0 aliphatic heterocycles. The summed E-state index contributed by atoms with van der Waals surface area (Å²) in [6.45, 7) is 10.3. The lowest BCUT2D eigenvalue weighted by Crippen LogP contribution is -2.01. The van der Waals surface area contributed by atoms with Crippen LogP contribution in [0.1, 0.15) is 53.9 Å². The van der Waals surface area contributed by atoms with Gasteiger partial charge < -0.3 is 0 Å². The number of halogens is 1. The average Bonchev–Trinajstić information content (AvgIpc) is 2.20. The lowest BCUT2D eigenvalue weighted by Gasteiger charge is -2.17. The smallest absolute Gasteiger partial charge is 0.122 e. The van der Waals surface area contributed by atoms with E-state index >= 15 is 0 Å². The number of hydrogen-bond acceptors (Lipinski definition) is 0. The first-order chi connectivity index (χ1) is 6.65. The van der Waals surface area contributed by atoms with Crippen LogP contribution in [0, 0.1) is 5.92 Å². The van der Waals surface area contributed by atoms with Crippen molar-refractivity contribution < 1.29 is 4.39 Å². The van der Waals surface area contributed by atoms with Crippen LogP contribution in [0.15, 0.2) is 23.0 Å². The molecule has 0 spiro atoms. The highest BCUT2D eigenvalue weighted by molar-refractivity contribution is 5.29. The highest BCUT2D eigenvalue weighted by atomic mass is 19.1. The standard InChI is InChI=1S/C11H17F.C2H6/c1-4-9-5-6-10(8(2)3)7-11(9)12;1-2/h7-8H,4-6H2,1-3H3;1-2H3. The lowest BCUT2D eigenvalue weighted by molar-refractivity contribution is 0.597. The molecule has 0 N–H and O–H groups in total. The Hall–Kier alpha value is -0.590. The third-order valence-electron chi connectivity index (χ3n) is 2.53. The van der Waals surface area contributed by atoms with Crippen LogP contribution in [-0.4, -0.2) is 0 Å². The molecule has 1 aliphatic carbocycles. The summed E-state index contributed by atoms with van der Waals surface area (Å²) in [7, 11) is 0. The minimum Gasteiger partial charge on any atom is -0.207 e. The van der Waals surface area contributed by atoms with Crippen LogP contribution in [0.2, 0.25) is 0 Å². The van der Waals surface area contributed by atoms with E-state index in [0.717, 1.165) is 24.8 Å². The second kappa shape index (κ2) is 6.80. The molecule has 0 aromatic carbocycles. The average molecular weight is 198 g/mol. The van der Waals surface area contributed by atoms with Crippen LogP contribution in [0.4, 0.5) is 4.39 Å². The SMILES string of the molecule is CC.CCC1=C(F)C=C(C(C)C)CC1. The molecule has 1 rings (SSSR count). The molecule has 0 fully saturated rings. The zero-order valence-electron chi connectivity index (χ0n) is 10.2. The third-order valence-corrected chi connectivity index (χ3v) is 2.53. The zero-order valence-corrected chi connectivity index (χ0v) is 10.2. The van der Waals surface area contributed by atoms with Crippen LogP contribution < -0.4 is 0 Å². The molecule has 0 saturated heterocycles. The quantitative estimate of drug-likeness (QED) is 0.584. The van der Waals surface area contributed by atoms with E-state index in [4.69, 9.17) is 0 Å². The van der Waals surface area contributed by atoms with Crippen LogP contribution >= 0.6 is 0 Å². The van der Waals surface area contributed by atoms with Crippen molar-refractivity contribution in [3.63, 3.8) is 0 Å². The van der Waals surface area contributed by atoms with Gasteiger partial charge in [-0.05, 0) is 36.8 Å². The molecule has 14 heavy (non-hydrogen) atoms. The van der Waals surface area contributed by atoms with Gasteiger partial charge in [0.25, 0.3) is 0 Å². The van der Waals surface area contributed by atoms with Crippen molar-refractivity contribution in [2.75, 3.05) is 0 Å². The Balaban J connectivity index is 0.000000791. The summed E-state index contributed by atoms with van der Waals surface area (Å²) in [6.07, 6.45) is 4.56. The summed E-state index contributed by atoms with van der Waals surface area (Å²) in [5.41, 5.74) is 2.24. The predicted molar refractivity (Wildman–Crippen MR) is 61.9 cm³/mol. The Labute approximate surface area is 87.9 Å². The van der Waals surface area contributed by atoms with Crippen molar-refractivity contribution in [3.8, 4) is 0 Å². The fourth-order valence-corrected chi connectivity index (χ4v) is 1.55. The van der Waals surface area contributed by atoms with E-state index in [1.807, 2.05) is 20.8 Å². The fraction of sp³-hybridized carbons (Fsp3) is 0.692. The Morgan fingerprint density at radius 1 is 1.29 bits per heavy atom. The van der Waals surface area contributed by atoms with E-state index in [2.05, 4.69) is 13.8 Å². The van der Waals surface area contributed by atoms with Gasteiger partial charge in [0.05, 0.1) is 0 Å². The molecule has 0 atom stereocenters. The van der Waals surface area contributed by atoms with E-state index in [1.54, 1.807) is 6.08 Å². The van der Waals surface area contributed by atoms with Crippen LogP contribution in [0.5, 0.6) is 0 Å². The van der Waals surface area contributed by atoms with E-state index < -0.39 is 0 Å². The molecule has 0 saturated carbocycles. The van der Waals surface area contributed by atoms with Gasteiger partial charge in [0, 0.05) is 0 Å². The molecule has 1 heteroatoms. The summed E-state index contributed by atoms with van der Waals surface area (Å²) < 4.78 is 13.3. The maximum atomic E-state index is 13.3. The van der Waals surface area contributed by atoms with Gasteiger partial charge in [-0.25, -0.2) is 4.39 Å². The fourth-order valence-electron chi connectivity index (χ4n) is 1.55. The second-order valence-corrected chi connectivity index (χ2v) is 3.68. The molecule has 0 aromatic heterocycles. The first-order valence-electron chi connectivity index (χ1n) is 5.73. The Kier molecular flexibility index (Phi) is 6.52. The molecular weight excluding hydrogens is 175 g/mol. The molecule has 82 valence electrons. The molecule has 0 unspecified atom stereocenters. The van der Waals surface area contributed by atoms with Gasteiger partial charge >= 0.3 is 0 Å². The highest BCUT2D eigenvalue weighted by Crippen LogP contribution is 2.30. The van der Waals surface area contributed by atoms with E-state index in [1.165, 1.54) is 5.57 Å². The molecule has 0 bridgehead atoms. The van der Waals surface area contributed by atoms with Crippen molar-refractivity contribution in [1.29, 1.82) is 0 Å². The summed E-state index contributed by atoms with van der Waals surface area (Å²) in [6, 6.07) is 0. The largest absolute Gasteiger partial charge is 0.207 e. The Bertz CT molecular complexity index is 221. The van der Waals surface area contributed by atoms with Gasteiger partial charge in [0.15, 0.2) is 0 Å². The topological polar surface area (TPSA) is 0 Å². The summed E-state index contributed by atoms with van der Waals surface area (Å²) in [5.74, 6) is 0.515. The number of rotatable bonds is 2. The molecule has 0 radical (unpaired) electrons. The minimum atomic E-state index is 0.0208. The highest BCUT2D eigenvalue weighted by Gasteiger charge is 2.13. The first kappa shape index (κ1) is 13.4. The normalized spacial score (nSPS) is 16.4. The minimum absolute atomic E-state index is 0.0208. The zero-order chi connectivity index (χ0) is 11.1. The maximum absolute atomic E-state index is 13.3. The van der Waals surface area contributed by atoms with Crippen molar-refractivity contribution >= 4 is 0 Å². The summed E-state index contributed by atoms with van der Waals surface area (Å²) in [4.78, 5) is 0. The Morgan fingerprint density at radius 2 is 1.86 bits per heavy atom. The van der Waals surface area contributed by atoms with Crippen molar-refractivity contribution in [2.45, 2.75) is 53.9 Å². The van der Waals surface area contributed by atoms with E-state index in [-0.39, 0.29) is 5.83 Å². The summed E-state index contributed by atoms with van der Waals surface area (Å²) >= 11 is 0. The van der Waals surface area contributed by atoms with Crippen molar-refractivity contribution in [3.05, 3.63) is 23.0 Å². The molecule has 0 heterocycles. The van der Waals surface area contributed by atoms with Gasteiger partial charge in [-0.2, -0.15) is 0 Å². The molecule has 1 aliphatic rings. The number of allylic oxidation sites excluding steroid dienone is 4. The van der Waals surface area contributed by atoms with Gasteiger partial charge in [0.1, 0.15) is 5.83 Å². The van der Waals surface area contributed by atoms with Crippen LogP contribution in [0.25, 0.3) is 0 Å². The van der Waals surface area contributed by atoms with Crippen molar-refractivity contribution in [2.24, 2.45) is 5.92 Å². The van der Waals surface area contributed by atoms with Gasteiger partial charge in [-0.1, -0.05) is 40.2 Å². The predicted octanol–water partition coefficient (Wildman–Crippen LogP) is 5.02. The Morgan fingerprint density at radius 3 is 2.21 bits per heavy atom. The van der Waals surface area contributed by atoms with Crippen molar-refractivity contribution in [1.82, 2.24) is 0 Å². The second-order valence-electron chi connectivity index (χ2n) is 3.68. The molecular formula is C13H23F. The first-order valence-corrected chi connectivity index (χ1v) is 5.73. The maximum Gasteiger partial charge on any atom is 0.122 e. The molecule has 0 nitrogen and oxygen atoms in total. The summed E-state index contributed by atoms with van der Waals surface area (Å²) in [5, 5.41) is 0. The van der Waals surface area contributed by atoms with E-state index in [0.29, 0.717) is 5.92 Å². The monoisotopic (exact) mass is 198 g/mol. The number of hydrogen-bond donors (Lipinski definition) is 0. The molecule has 0 aromatic rings. The van der Waals surface area contributed by atoms with Crippen LogP contribution in [0.3, 0.4) is 0 Å². The van der Waals surface area contributed by atoms with Gasteiger partial charge in [-0.15, -0.1) is 0 Å². The lowest BCUT2D eigenvalue weighted by atomic mass is 9.90. The van der Waals surface area contributed by atoms with Gasteiger partial charge in [-0.3, -0.25) is 0 Å².